The van der Waals surface area contributed by atoms with E-state index in [1.54, 1.807) is 0 Å². The fourth-order valence-electron chi connectivity index (χ4n) is 4.12. The van der Waals surface area contributed by atoms with Crippen LogP contribution in [0, 0.1) is 6.92 Å². The van der Waals surface area contributed by atoms with E-state index in [2.05, 4.69) is 57.7 Å². The van der Waals surface area contributed by atoms with Gasteiger partial charge in [0.15, 0.2) is 0 Å². The van der Waals surface area contributed by atoms with Crippen molar-refractivity contribution in [2.45, 2.75) is 25.7 Å². The lowest BCUT2D eigenvalue weighted by Gasteiger charge is -2.30. The highest BCUT2D eigenvalue weighted by Crippen LogP contribution is 2.31. The van der Waals surface area contributed by atoms with Gasteiger partial charge in [-0.25, -0.2) is 4.98 Å². The largest absolute Gasteiger partial charge is 0.480 e. The number of hydrogen-bond acceptors (Lipinski definition) is 6. The van der Waals surface area contributed by atoms with E-state index in [9.17, 15) is 4.79 Å². The lowest BCUT2D eigenvalue weighted by atomic mass is 9.87. The predicted octanol–water partition coefficient (Wildman–Crippen LogP) is 4.60. The molecule has 3 aromatic rings. The first-order valence-electron chi connectivity index (χ1n) is 10.9. The summed E-state index contributed by atoms with van der Waals surface area (Å²) in [7, 11) is 3.67. The van der Waals surface area contributed by atoms with Crippen LogP contribution in [0.3, 0.4) is 0 Å². The number of methoxy groups -OCH3 is 1. The van der Waals surface area contributed by atoms with Gasteiger partial charge in [-0.1, -0.05) is 24.3 Å². The summed E-state index contributed by atoms with van der Waals surface area (Å²) in [6, 6.07) is 15.6. The standard InChI is InChI=1S/C25H29N5O2/c1-17-15-20(9-10-21(17)18-11-13-30(2)14-12-18)28-25-26-16-22(24(29-25)32-3)23(31)27-19-7-5-4-6-8-19/h4-10,15-16,18H,11-14H2,1-3H3,(H,27,31)(H,26,28,29). The summed E-state index contributed by atoms with van der Waals surface area (Å²) < 4.78 is 5.36. The fraction of sp³-hybridized carbons (Fsp3) is 0.320. The second kappa shape index (κ2) is 9.78. The van der Waals surface area contributed by atoms with Gasteiger partial charge in [0, 0.05) is 17.6 Å². The molecule has 0 radical (unpaired) electrons. The van der Waals surface area contributed by atoms with E-state index >= 15 is 0 Å². The minimum Gasteiger partial charge on any atom is -0.480 e. The molecule has 0 saturated carbocycles. The van der Waals surface area contributed by atoms with E-state index in [1.165, 1.54) is 37.3 Å². The lowest BCUT2D eigenvalue weighted by Crippen LogP contribution is -2.29. The topological polar surface area (TPSA) is 79.4 Å². The number of carbonyl (C=O) groups is 1. The number of para-hydroxylation sites is 1. The maximum Gasteiger partial charge on any atom is 0.262 e. The number of rotatable bonds is 6. The van der Waals surface area contributed by atoms with Crippen molar-refractivity contribution in [2.24, 2.45) is 0 Å². The molecule has 2 N–H and O–H groups in total. The third kappa shape index (κ3) is 5.06. The maximum atomic E-state index is 12.6. The number of amides is 1. The molecule has 0 unspecified atom stereocenters. The molecular formula is C25H29N5O2. The Hall–Kier alpha value is -3.45. The summed E-state index contributed by atoms with van der Waals surface area (Å²) in [5.74, 6) is 0.886. The second-order valence-electron chi connectivity index (χ2n) is 8.21. The van der Waals surface area contributed by atoms with Gasteiger partial charge in [0.25, 0.3) is 5.91 Å². The number of ether oxygens (including phenoxy) is 1. The highest BCUT2D eigenvalue weighted by atomic mass is 16.5. The number of anilines is 3. The number of aryl methyl sites for hydroxylation is 1. The van der Waals surface area contributed by atoms with Gasteiger partial charge < -0.3 is 20.3 Å². The van der Waals surface area contributed by atoms with Gasteiger partial charge in [0.2, 0.25) is 11.8 Å². The van der Waals surface area contributed by atoms with Crippen LogP contribution in [0.4, 0.5) is 17.3 Å². The SMILES string of the molecule is COc1nc(Nc2ccc(C3CCN(C)CC3)c(C)c2)ncc1C(=O)Nc1ccccc1. The van der Waals surface area contributed by atoms with Gasteiger partial charge in [-0.15, -0.1) is 0 Å². The first kappa shape index (κ1) is 21.8. The van der Waals surface area contributed by atoms with E-state index in [0.717, 1.165) is 18.8 Å². The molecule has 1 fully saturated rings. The molecule has 0 atom stereocenters. The molecule has 1 saturated heterocycles. The van der Waals surface area contributed by atoms with Gasteiger partial charge >= 0.3 is 0 Å². The van der Waals surface area contributed by atoms with E-state index in [0.29, 0.717) is 17.6 Å². The van der Waals surface area contributed by atoms with Crippen molar-refractivity contribution < 1.29 is 9.53 Å². The van der Waals surface area contributed by atoms with Gasteiger partial charge in [0.1, 0.15) is 5.56 Å². The lowest BCUT2D eigenvalue weighted by molar-refractivity contribution is 0.102. The average molecular weight is 432 g/mol. The Bertz CT molecular complexity index is 1080. The number of benzene rings is 2. The average Bonchev–Trinajstić information content (AvgIpc) is 2.80. The molecular weight excluding hydrogens is 402 g/mol. The molecule has 2 heterocycles. The molecule has 32 heavy (non-hydrogen) atoms. The quantitative estimate of drug-likeness (QED) is 0.594. The van der Waals surface area contributed by atoms with Crippen LogP contribution in [-0.2, 0) is 0 Å². The highest BCUT2D eigenvalue weighted by molar-refractivity contribution is 6.05. The zero-order chi connectivity index (χ0) is 22.5. The zero-order valence-corrected chi connectivity index (χ0v) is 18.8. The van der Waals surface area contributed by atoms with Crippen LogP contribution in [0.5, 0.6) is 5.88 Å². The summed E-state index contributed by atoms with van der Waals surface area (Å²) >= 11 is 0. The number of piperidine rings is 1. The van der Waals surface area contributed by atoms with Crippen molar-refractivity contribution in [3.63, 3.8) is 0 Å². The number of aromatic nitrogens is 2. The van der Waals surface area contributed by atoms with Crippen molar-refractivity contribution in [1.29, 1.82) is 0 Å². The van der Waals surface area contributed by atoms with Gasteiger partial charge in [-0.3, -0.25) is 4.79 Å². The van der Waals surface area contributed by atoms with Crippen LogP contribution in [0.2, 0.25) is 0 Å². The molecule has 2 aromatic carbocycles. The van der Waals surface area contributed by atoms with E-state index in [4.69, 9.17) is 4.74 Å². The Balaban J connectivity index is 1.47. The number of carbonyl (C=O) groups excluding carboxylic acids is 1. The zero-order valence-electron chi connectivity index (χ0n) is 18.8. The van der Waals surface area contributed by atoms with Crippen LogP contribution in [0.15, 0.2) is 54.7 Å². The molecule has 166 valence electrons. The second-order valence-corrected chi connectivity index (χ2v) is 8.21. The number of likely N-dealkylation sites (tertiary alicyclic amines) is 1. The normalized spacial score (nSPS) is 14.7. The van der Waals surface area contributed by atoms with Crippen LogP contribution in [0.1, 0.15) is 40.2 Å². The summed E-state index contributed by atoms with van der Waals surface area (Å²) in [5, 5.41) is 6.06. The molecule has 4 rings (SSSR count). The monoisotopic (exact) mass is 431 g/mol. The van der Waals surface area contributed by atoms with Crippen molar-refractivity contribution in [2.75, 3.05) is 37.9 Å². The Labute approximate surface area is 188 Å². The Morgan fingerprint density at radius 2 is 1.84 bits per heavy atom. The summed E-state index contributed by atoms with van der Waals surface area (Å²) in [6.07, 6.45) is 3.86. The van der Waals surface area contributed by atoms with Gasteiger partial charge in [-0.05, 0) is 81.2 Å². The first-order valence-corrected chi connectivity index (χ1v) is 10.9. The summed E-state index contributed by atoms with van der Waals surface area (Å²) in [6.45, 7) is 4.43. The van der Waals surface area contributed by atoms with Crippen molar-refractivity contribution in [1.82, 2.24) is 14.9 Å². The smallest absolute Gasteiger partial charge is 0.262 e. The third-order valence-corrected chi connectivity index (χ3v) is 5.91. The number of nitrogens with one attached hydrogen (secondary N) is 2. The molecule has 1 amide bonds. The van der Waals surface area contributed by atoms with Crippen LogP contribution < -0.4 is 15.4 Å². The summed E-state index contributed by atoms with van der Waals surface area (Å²) in [5.41, 5.74) is 4.55. The van der Waals surface area contributed by atoms with Gasteiger partial charge in [0.05, 0.1) is 7.11 Å². The molecule has 7 nitrogen and oxygen atoms in total. The summed E-state index contributed by atoms with van der Waals surface area (Å²) in [4.78, 5) is 23.7. The van der Waals surface area contributed by atoms with Crippen molar-refractivity contribution >= 4 is 23.2 Å². The van der Waals surface area contributed by atoms with Crippen LogP contribution in [0.25, 0.3) is 0 Å². The number of nitrogens with zero attached hydrogens (tertiary/aromatic N) is 3. The van der Waals surface area contributed by atoms with E-state index in [-0.39, 0.29) is 17.4 Å². The highest BCUT2D eigenvalue weighted by Gasteiger charge is 2.20. The Morgan fingerprint density at radius 3 is 2.53 bits per heavy atom. The molecule has 1 aliphatic heterocycles. The van der Waals surface area contributed by atoms with E-state index < -0.39 is 0 Å². The minimum atomic E-state index is -0.321. The molecule has 0 spiro atoms. The molecule has 1 aromatic heterocycles. The maximum absolute atomic E-state index is 12.6. The molecule has 0 aliphatic carbocycles. The minimum absolute atomic E-state index is 0.218. The van der Waals surface area contributed by atoms with Crippen LogP contribution >= 0.6 is 0 Å². The molecule has 1 aliphatic rings. The molecule has 0 bridgehead atoms. The first-order chi connectivity index (χ1) is 15.5. The van der Waals surface area contributed by atoms with Gasteiger partial charge in [-0.2, -0.15) is 4.98 Å². The fourth-order valence-corrected chi connectivity index (χ4v) is 4.12. The molecule has 7 heteroatoms. The predicted molar refractivity (Wildman–Crippen MR) is 127 cm³/mol. The Kier molecular flexibility index (Phi) is 6.66. The number of hydrogen-bond donors (Lipinski definition) is 2. The van der Waals surface area contributed by atoms with E-state index in [1.807, 2.05) is 30.3 Å². The van der Waals surface area contributed by atoms with Crippen LogP contribution in [-0.4, -0.2) is 48.0 Å². The third-order valence-electron chi connectivity index (χ3n) is 5.91. The van der Waals surface area contributed by atoms with Crippen molar-refractivity contribution in [3.8, 4) is 5.88 Å². The Morgan fingerprint density at radius 1 is 1.09 bits per heavy atom. The van der Waals surface area contributed by atoms with Crippen molar-refractivity contribution in [3.05, 3.63) is 71.4 Å².